The molecule has 2 N–H and O–H groups in total. The second kappa shape index (κ2) is 12.3. The van der Waals surface area contributed by atoms with Gasteiger partial charge in [0.1, 0.15) is 11.5 Å². The fourth-order valence-corrected chi connectivity index (χ4v) is 2.80. The van der Waals surface area contributed by atoms with E-state index in [-0.39, 0.29) is 0 Å². The molecule has 0 bridgehead atoms. The Morgan fingerprint density at radius 2 is 1.57 bits per heavy atom. The van der Waals surface area contributed by atoms with Crippen molar-refractivity contribution in [2.75, 3.05) is 48.6 Å². The zero-order valence-corrected chi connectivity index (χ0v) is 18.3. The minimum absolute atomic E-state index is 0.552. The van der Waals surface area contributed by atoms with Crippen molar-refractivity contribution in [3.05, 3.63) is 42.0 Å². The molecule has 0 unspecified atom stereocenters. The number of hydrogen-bond donors (Lipinski definition) is 2. The van der Waals surface area contributed by atoms with Crippen molar-refractivity contribution in [3.8, 4) is 28.7 Å². The van der Waals surface area contributed by atoms with E-state index in [0.717, 1.165) is 30.0 Å². The first-order chi connectivity index (χ1) is 14.6. The Labute approximate surface area is 178 Å². The summed E-state index contributed by atoms with van der Waals surface area (Å²) in [6.07, 6.45) is 0.822. The van der Waals surface area contributed by atoms with E-state index in [9.17, 15) is 0 Å². The molecule has 8 heteroatoms. The predicted octanol–water partition coefficient (Wildman–Crippen LogP) is 2.86. The summed E-state index contributed by atoms with van der Waals surface area (Å²) in [6.45, 7) is 1.86. The lowest BCUT2D eigenvalue weighted by molar-refractivity contribution is 0.308. The van der Waals surface area contributed by atoms with Gasteiger partial charge in [-0.05, 0) is 36.2 Å². The summed E-state index contributed by atoms with van der Waals surface area (Å²) < 4.78 is 27.1. The topological polar surface area (TPSA) is 82.6 Å². The van der Waals surface area contributed by atoms with Crippen LogP contribution in [0, 0.1) is 0 Å². The molecule has 0 aliphatic carbocycles. The van der Waals surface area contributed by atoms with Gasteiger partial charge >= 0.3 is 0 Å². The largest absolute Gasteiger partial charge is 0.497 e. The number of nitrogens with zero attached hydrogens (tertiary/aromatic N) is 1. The van der Waals surface area contributed by atoms with E-state index in [0.29, 0.717) is 36.4 Å². The van der Waals surface area contributed by atoms with Gasteiger partial charge in [-0.15, -0.1) is 0 Å². The molecule has 2 aromatic rings. The van der Waals surface area contributed by atoms with Crippen LogP contribution in [-0.4, -0.2) is 54.6 Å². The molecule has 2 rings (SSSR count). The standard InChI is InChI=1S/C22H31N3O5/c1-23-22(24-10-7-11-30-18-9-6-8-17(14-18)26-2)25-15-16-12-19(27-3)21(29-5)20(13-16)28-4/h6,8-9,12-14H,7,10-11,15H2,1-5H3,(H2,23,24,25). The highest BCUT2D eigenvalue weighted by atomic mass is 16.5. The lowest BCUT2D eigenvalue weighted by Gasteiger charge is -2.16. The number of methoxy groups -OCH3 is 4. The first-order valence-electron chi connectivity index (χ1n) is 9.65. The van der Waals surface area contributed by atoms with E-state index >= 15 is 0 Å². The van der Waals surface area contributed by atoms with E-state index in [2.05, 4.69) is 15.6 Å². The molecule has 0 spiro atoms. The number of nitrogens with one attached hydrogen (secondary N) is 2. The normalized spacial score (nSPS) is 10.9. The molecule has 0 aliphatic rings. The Morgan fingerprint density at radius 1 is 0.867 bits per heavy atom. The van der Waals surface area contributed by atoms with Gasteiger partial charge in [-0.3, -0.25) is 4.99 Å². The lowest BCUT2D eigenvalue weighted by Crippen LogP contribution is -2.37. The van der Waals surface area contributed by atoms with Crippen molar-refractivity contribution < 1.29 is 23.7 Å². The van der Waals surface area contributed by atoms with E-state index in [4.69, 9.17) is 23.7 Å². The number of ether oxygens (including phenoxy) is 5. The molecule has 30 heavy (non-hydrogen) atoms. The first-order valence-corrected chi connectivity index (χ1v) is 9.65. The molecule has 8 nitrogen and oxygen atoms in total. The van der Waals surface area contributed by atoms with Gasteiger partial charge in [0, 0.05) is 26.2 Å². The molecular formula is C22H31N3O5. The smallest absolute Gasteiger partial charge is 0.203 e. The monoisotopic (exact) mass is 417 g/mol. The zero-order chi connectivity index (χ0) is 21.8. The predicted molar refractivity (Wildman–Crippen MR) is 117 cm³/mol. The molecule has 0 aliphatic heterocycles. The Balaban J connectivity index is 1.79. The van der Waals surface area contributed by atoms with Crippen molar-refractivity contribution >= 4 is 5.96 Å². The number of benzene rings is 2. The minimum atomic E-state index is 0.552. The van der Waals surface area contributed by atoms with Crippen molar-refractivity contribution in [2.45, 2.75) is 13.0 Å². The molecule has 0 atom stereocenters. The third-order valence-corrected chi connectivity index (χ3v) is 4.33. The van der Waals surface area contributed by atoms with Crippen LogP contribution in [0.5, 0.6) is 28.7 Å². The second-order valence-electron chi connectivity index (χ2n) is 6.27. The van der Waals surface area contributed by atoms with Gasteiger partial charge in [-0.1, -0.05) is 6.07 Å². The molecular weight excluding hydrogens is 386 g/mol. The fraction of sp³-hybridized carbons (Fsp3) is 0.409. The number of aliphatic imine (C=N–C) groups is 1. The minimum Gasteiger partial charge on any atom is -0.497 e. The van der Waals surface area contributed by atoms with Gasteiger partial charge in [-0.2, -0.15) is 0 Å². The van der Waals surface area contributed by atoms with Gasteiger partial charge in [0.05, 0.1) is 35.0 Å². The zero-order valence-electron chi connectivity index (χ0n) is 18.3. The van der Waals surface area contributed by atoms with E-state index in [1.54, 1.807) is 35.5 Å². The summed E-state index contributed by atoms with van der Waals surface area (Å²) in [5.74, 6) is 4.08. The third kappa shape index (κ3) is 6.65. The number of hydrogen-bond acceptors (Lipinski definition) is 6. The first kappa shape index (κ1) is 23.0. The Morgan fingerprint density at radius 3 is 2.17 bits per heavy atom. The van der Waals surface area contributed by atoms with Crippen molar-refractivity contribution in [3.63, 3.8) is 0 Å². The molecule has 0 radical (unpaired) electrons. The number of guanidine groups is 1. The Bertz CT molecular complexity index is 801. The molecule has 0 saturated carbocycles. The number of rotatable bonds is 11. The summed E-state index contributed by atoms with van der Waals surface area (Å²) in [5.41, 5.74) is 0.980. The summed E-state index contributed by atoms with van der Waals surface area (Å²) in [6, 6.07) is 11.4. The van der Waals surface area contributed by atoms with E-state index in [1.807, 2.05) is 36.4 Å². The van der Waals surface area contributed by atoms with Crippen LogP contribution in [0.2, 0.25) is 0 Å². The van der Waals surface area contributed by atoms with Crippen LogP contribution >= 0.6 is 0 Å². The molecule has 0 amide bonds. The molecule has 0 fully saturated rings. The SMILES string of the molecule is CN=C(NCCCOc1cccc(OC)c1)NCc1cc(OC)c(OC)c(OC)c1. The van der Waals surface area contributed by atoms with Crippen LogP contribution in [0.1, 0.15) is 12.0 Å². The maximum atomic E-state index is 5.75. The summed E-state index contributed by atoms with van der Waals surface area (Å²) in [4.78, 5) is 4.25. The maximum Gasteiger partial charge on any atom is 0.203 e. The van der Waals surface area contributed by atoms with Gasteiger partial charge < -0.3 is 34.3 Å². The highest BCUT2D eigenvalue weighted by Crippen LogP contribution is 2.38. The summed E-state index contributed by atoms with van der Waals surface area (Å²) in [5, 5.41) is 6.55. The maximum absolute atomic E-state index is 5.75. The van der Waals surface area contributed by atoms with Crippen LogP contribution in [0.4, 0.5) is 0 Å². The molecule has 0 saturated heterocycles. The molecule has 0 aromatic heterocycles. The van der Waals surface area contributed by atoms with Crippen molar-refractivity contribution in [1.29, 1.82) is 0 Å². The molecule has 0 heterocycles. The van der Waals surface area contributed by atoms with E-state index in [1.165, 1.54) is 0 Å². The van der Waals surface area contributed by atoms with Crippen LogP contribution < -0.4 is 34.3 Å². The second-order valence-corrected chi connectivity index (χ2v) is 6.27. The summed E-state index contributed by atoms with van der Waals surface area (Å²) in [7, 11) is 8.16. The van der Waals surface area contributed by atoms with E-state index < -0.39 is 0 Å². The summed E-state index contributed by atoms with van der Waals surface area (Å²) >= 11 is 0. The van der Waals surface area contributed by atoms with Crippen LogP contribution in [-0.2, 0) is 6.54 Å². The van der Waals surface area contributed by atoms with Gasteiger partial charge in [0.25, 0.3) is 0 Å². The average Bonchev–Trinajstić information content (AvgIpc) is 2.80. The highest BCUT2D eigenvalue weighted by Gasteiger charge is 2.13. The Kier molecular flexibility index (Phi) is 9.44. The quantitative estimate of drug-likeness (QED) is 0.330. The van der Waals surface area contributed by atoms with Crippen molar-refractivity contribution in [2.24, 2.45) is 4.99 Å². The third-order valence-electron chi connectivity index (χ3n) is 4.33. The highest BCUT2D eigenvalue weighted by molar-refractivity contribution is 5.79. The fourth-order valence-electron chi connectivity index (χ4n) is 2.80. The van der Waals surface area contributed by atoms with Gasteiger partial charge in [-0.25, -0.2) is 0 Å². The van der Waals surface area contributed by atoms with Gasteiger partial charge in [0.2, 0.25) is 5.75 Å². The van der Waals surface area contributed by atoms with Crippen LogP contribution in [0.15, 0.2) is 41.4 Å². The molecule has 2 aromatic carbocycles. The lowest BCUT2D eigenvalue weighted by atomic mass is 10.2. The van der Waals surface area contributed by atoms with Crippen molar-refractivity contribution in [1.82, 2.24) is 10.6 Å². The van der Waals surface area contributed by atoms with Crippen LogP contribution in [0.25, 0.3) is 0 Å². The van der Waals surface area contributed by atoms with Crippen LogP contribution in [0.3, 0.4) is 0 Å². The molecule has 164 valence electrons. The Hall–Kier alpha value is -3.29. The van der Waals surface area contributed by atoms with Gasteiger partial charge in [0.15, 0.2) is 17.5 Å². The average molecular weight is 418 g/mol.